The van der Waals surface area contributed by atoms with Gasteiger partial charge in [-0.05, 0) is 37.1 Å². The largest absolute Gasteiger partial charge is 0.465 e. The summed E-state index contributed by atoms with van der Waals surface area (Å²) in [5, 5.41) is 0. The van der Waals surface area contributed by atoms with Crippen molar-refractivity contribution in [1.82, 2.24) is 4.90 Å². The molecule has 1 fully saturated rings. The Bertz CT molecular complexity index is 1090. The molecule has 2 aromatic carbocycles. The Balaban J connectivity index is 1.53. The second kappa shape index (κ2) is 7.64. The summed E-state index contributed by atoms with van der Waals surface area (Å²) in [7, 11) is -0.803. The molecule has 1 amide bonds. The molecule has 0 unspecified atom stereocenters. The molecule has 0 radical (unpaired) electrons. The average Bonchev–Trinajstić information content (AvgIpc) is 2.98. The zero-order chi connectivity index (χ0) is 21.5. The van der Waals surface area contributed by atoms with Gasteiger partial charge in [0.1, 0.15) is 0 Å². The number of hydrogen-bond donors (Lipinski definition) is 0. The van der Waals surface area contributed by atoms with Crippen LogP contribution in [0.15, 0.2) is 48.5 Å². The SMILES string of the molecule is COC(=O)c1ccccc1C(=O)N1CCC(N2c3ccccc3N(C)S2(=O)=O)CC1. The highest BCUT2D eigenvalue weighted by molar-refractivity contribution is 7.94. The Kier molecular flexibility index (Phi) is 5.15. The van der Waals surface area contributed by atoms with E-state index in [1.165, 1.54) is 15.7 Å². The molecule has 0 spiro atoms. The van der Waals surface area contributed by atoms with Gasteiger partial charge in [-0.2, -0.15) is 8.42 Å². The minimum absolute atomic E-state index is 0.227. The Morgan fingerprint density at radius 1 is 0.933 bits per heavy atom. The van der Waals surface area contributed by atoms with Gasteiger partial charge in [0.25, 0.3) is 5.91 Å². The van der Waals surface area contributed by atoms with Crippen LogP contribution in [0.5, 0.6) is 0 Å². The number of methoxy groups -OCH3 is 1. The first-order chi connectivity index (χ1) is 14.4. The molecule has 30 heavy (non-hydrogen) atoms. The summed E-state index contributed by atoms with van der Waals surface area (Å²) in [4.78, 5) is 26.7. The molecule has 0 aromatic heterocycles. The van der Waals surface area contributed by atoms with Crippen LogP contribution in [-0.2, 0) is 14.9 Å². The van der Waals surface area contributed by atoms with Gasteiger partial charge in [-0.3, -0.25) is 9.10 Å². The van der Waals surface area contributed by atoms with Crippen LogP contribution in [0.1, 0.15) is 33.6 Å². The number of para-hydroxylation sites is 2. The van der Waals surface area contributed by atoms with Crippen LogP contribution in [0.4, 0.5) is 11.4 Å². The second-order valence-corrected chi connectivity index (χ2v) is 9.16. The third-order valence-electron chi connectivity index (χ3n) is 5.70. The maximum absolute atomic E-state index is 13.0. The fraction of sp³-hybridized carbons (Fsp3) is 0.333. The number of rotatable bonds is 3. The van der Waals surface area contributed by atoms with Crippen LogP contribution < -0.4 is 8.61 Å². The first kappa shape index (κ1) is 20.2. The number of amides is 1. The molecule has 8 nitrogen and oxygen atoms in total. The number of carbonyl (C=O) groups is 2. The lowest BCUT2D eigenvalue weighted by Crippen LogP contribution is -2.49. The monoisotopic (exact) mass is 429 g/mol. The van der Waals surface area contributed by atoms with Gasteiger partial charge in [-0.1, -0.05) is 24.3 Å². The third-order valence-corrected chi connectivity index (χ3v) is 7.58. The number of hydrogen-bond acceptors (Lipinski definition) is 5. The number of likely N-dealkylation sites (tertiary alicyclic amines) is 1. The van der Waals surface area contributed by atoms with E-state index in [0.29, 0.717) is 42.9 Å². The molecule has 9 heteroatoms. The topological polar surface area (TPSA) is 87.2 Å². The van der Waals surface area contributed by atoms with E-state index in [9.17, 15) is 18.0 Å². The molecule has 158 valence electrons. The molecule has 4 rings (SSSR count). The van der Waals surface area contributed by atoms with Gasteiger partial charge in [0.05, 0.1) is 35.7 Å². The number of nitrogens with zero attached hydrogens (tertiary/aromatic N) is 3. The second-order valence-electron chi connectivity index (χ2n) is 7.32. The maximum atomic E-state index is 13.0. The van der Waals surface area contributed by atoms with Gasteiger partial charge in [-0.25, -0.2) is 9.10 Å². The number of anilines is 2. The molecule has 2 aromatic rings. The normalized spacial score (nSPS) is 18.3. The van der Waals surface area contributed by atoms with Crippen molar-refractivity contribution in [1.29, 1.82) is 0 Å². The van der Waals surface area contributed by atoms with Crippen molar-refractivity contribution in [3.05, 3.63) is 59.7 Å². The first-order valence-electron chi connectivity index (χ1n) is 9.70. The van der Waals surface area contributed by atoms with Crippen molar-refractivity contribution >= 4 is 33.5 Å². The predicted molar refractivity (Wildman–Crippen MR) is 113 cm³/mol. The quantitative estimate of drug-likeness (QED) is 0.699. The highest BCUT2D eigenvalue weighted by Crippen LogP contribution is 2.42. The van der Waals surface area contributed by atoms with Crippen molar-refractivity contribution in [2.75, 3.05) is 35.9 Å². The molecule has 2 aliphatic rings. The lowest BCUT2D eigenvalue weighted by molar-refractivity contribution is 0.0586. The summed E-state index contributed by atoms with van der Waals surface area (Å²) in [6, 6.07) is 13.6. The fourth-order valence-electron chi connectivity index (χ4n) is 4.11. The number of piperidine rings is 1. The molecule has 2 heterocycles. The molecule has 2 aliphatic heterocycles. The number of ether oxygens (including phenoxy) is 1. The van der Waals surface area contributed by atoms with Gasteiger partial charge < -0.3 is 9.64 Å². The third kappa shape index (κ3) is 3.19. The number of esters is 1. The molecule has 0 aliphatic carbocycles. The van der Waals surface area contributed by atoms with Crippen LogP contribution in [0, 0.1) is 0 Å². The molecule has 1 saturated heterocycles. The van der Waals surface area contributed by atoms with Gasteiger partial charge >= 0.3 is 16.2 Å². The van der Waals surface area contributed by atoms with Crippen molar-refractivity contribution in [2.45, 2.75) is 18.9 Å². The van der Waals surface area contributed by atoms with Gasteiger partial charge in [-0.15, -0.1) is 0 Å². The number of benzene rings is 2. The summed E-state index contributed by atoms with van der Waals surface area (Å²) < 4.78 is 33.5. The van der Waals surface area contributed by atoms with E-state index < -0.39 is 16.2 Å². The van der Waals surface area contributed by atoms with Crippen molar-refractivity contribution in [3.63, 3.8) is 0 Å². The first-order valence-corrected chi connectivity index (χ1v) is 11.1. The Labute approximate surface area is 175 Å². The lowest BCUT2D eigenvalue weighted by atomic mass is 10.0. The molecular weight excluding hydrogens is 406 g/mol. The summed E-state index contributed by atoms with van der Waals surface area (Å²) in [5.74, 6) is -0.812. The highest BCUT2D eigenvalue weighted by atomic mass is 32.2. The van der Waals surface area contributed by atoms with Crippen LogP contribution in [-0.4, -0.2) is 58.5 Å². The van der Waals surface area contributed by atoms with Crippen molar-refractivity contribution < 1.29 is 22.7 Å². The van der Waals surface area contributed by atoms with E-state index >= 15 is 0 Å². The van der Waals surface area contributed by atoms with Crippen LogP contribution in [0.2, 0.25) is 0 Å². The summed E-state index contributed by atoms with van der Waals surface area (Å²) in [6.07, 6.45) is 1.01. The Morgan fingerprint density at radius 3 is 2.13 bits per heavy atom. The fourth-order valence-corrected chi connectivity index (χ4v) is 5.77. The van der Waals surface area contributed by atoms with Crippen LogP contribution in [0.25, 0.3) is 0 Å². The standard InChI is InChI=1S/C21H23N3O5S/c1-22-18-9-5-6-10-19(18)24(30(22,27)28)15-11-13-23(14-12-15)20(25)16-7-3-4-8-17(16)21(26)29-2/h3-10,15H,11-14H2,1-2H3. The predicted octanol–water partition coefficient (Wildman–Crippen LogP) is 2.28. The number of fused-ring (bicyclic) bond motifs is 1. The average molecular weight is 429 g/mol. The van der Waals surface area contributed by atoms with Crippen molar-refractivity contribution in [3.8, 4) is 0 Å². The number of carbonyl (C=O) groups excluding carboxylic acids is 2. The summed E-state index contributed by atoms with van der Waals surface area (Å²) >= 11 is 0. The zero-order valence-electron chi connectivity index (χ0n) is 16.8. The Morgan fingerprint density at radius 2 is 1.50 bits per heavy atom. The zero-order valence-corrected chi connectivity index (χ0v) is 17.6. The minimum atomic E-state index is -3.63. The smallest absolute Gasteiger partial charge is 0.338 e. The molecule has 0 saturated carbocycles. The highest BCUT2D eigenvalue weighted by Gasteiger charge is 2.43. The van der Waals surface area contributed by atoms with E-state index in [4.69, 9.17) is 4.74 Å². The molecular formula is C21H23N3O5S. The van der Waals surface area contributed by atoms with E-state index in [1.54, 1.807) is 48.3 Å². The maximum Gasteiger partial charge on any atom is 0.338 e. The van der Waals surface area contributed by atoms with E-state index in [-0.39, 0.29) is 17.5 Å². The van der Waals surface area contributed by atoms with Gasteiger partial charge in [0.15, 0.2) is 0 Å². The van der Waals surface area contributed by atoms with Gasteiger partial charge in [0.2, 0.25) is 0 Å². The van der Waals surface area contributed by atoms with E-state index in [0.717, 1.165) is 0 Å². The summed E-state index contributed by atoms with van der Waals surface area (Å²) in [6.45, 7) is 0.799. The summed E-state index contributed by atoms with van der Waals surface area (Å²) in [5.41, 5.74) is 1.84. The molecule has 0 atom stereocenters. The molecule has 0 N–H and O–H groups in total. The Hall–Kier alpha value is -3.07. The molecule has 0 bridgehead atoms. The van der Waals surface area contributed by atoms with E-state index in [2.05, 4.69) is 0 Å². The van der Waals surface area contributed by atoms with Crippen LogP contribution in [0.3, 0.4) is 0 Å². The van der Waals surface area contributed by atoms with Crippen molar-refractivity contribution in [2.24, 2.45) is 0 Å². The van der Waals surface area contributed by atoms with E-state index in [1.807, 2.05) is 12.1 Å². The van der Waals surface area contributed by atoms with Gasteiger partial charge in [0, 0.05) is 20.1 Å². The minimum Gasteiger partial charge on any atom is -0.465 e. The van der Waals surface area contributed by atoms with Crippen LogP contribution >= 0.6 is 0 Å². The lowest BCUT2D eigenvalue weighted by Gasteiger charge is -2.37.